The molecule has 0 aliphatic carbocycles. The topological polar surface area (TPSA) is 49.8 Å². The maximum absolute atomic E-state index is 11.5. The van der Waals surface area contributed by atoms with Crippen LogP contribution < -0.4 is 0 Å². The van der Waals surface area contributed by atoms with Crippen LogP contribution in [-0.4, -0.2) is 49.3 Å². The minimum atomic E-state index is -0.186. The molecule has 1 aliphatic heterocycles. The average molecular weight is 269 g/mol. The summed E-state index contributed by atoms with van der Waals surface area (Å²) >= 11 is 0. The monoisotopic (exact) mass is 269 g/mol. The van der Waals surface area contributed by atoms with E-state index in [-0.39, 0.29) is 5.97 Å². The molecule has 19 heavy (non-hydrogen) atoms. The number of hydrogen-bond donors (Lipinski definition) is 1. The van der Waals surface area contributed by atoms with E-state index in [9.17, 15) is 4.79 Å². The average Bonchev–Trinajstić information content (AvgIpc) is 2.46. The molecule has 0 spiro atoms. The fourth-order valence-electron chi connectivity index (χ4n) is 2.43. The molecule has 1 N–H and O–H groups in total. The molecule has 0 saturated carbocycles. The number of nitrogens with zero attached hydrogens (tertiary/aromatic N) is 1. The van der Waals surface area contributed by atoms with Crippen LogP contribution in [0.2, 0.25) is 0 Å². The van der Waals surface area contributed by atoms with Crippen LogP contribution in [0.4, 0.5) is 0 Å². The maximum atomic E-state index is 11.5. The second kappa shape index (κ2) is 9.98. The minimum Gasteiger partial charge on any atom is -0.466 e. The van der Waals surface area contributed by atoms with Crippen molar-refractivity contribution in [3.8, 4) is 0 Å². The standard InChI is InChI=1S/C15H27NO3/c1-19-15(18)14-9-8-11-16(13-14)10-6-4-2-3-5-7-12-17/h9,17H,2-8,10-13H2,1H3. The number of carbonyl (C=O) groups is 1. The normalized spacial score (nSPS) is 16.2. The Morgan fingerprint density at radius 2 is 1.95 bits per heavy atom. The van der Waals surface area contributed by atoms with Crippen molar-refractivity contribution >= 4 is 5.97 Å². The molecule has 0 aromatic rings. The molecule has 110 valence electrons. The van der Waals surface area contributed by atoms with E-state index in [0.717, 1.165) is 44.5 Å². The number of esters is 1. The third-order valence-electron chi connectivity index (χ3n) is 3.56. The van der Waals surface area contributed by atoms with E-state index >= 15 is 0 Å². The van der Waals surface area contributed by atoms with Crippen molar-refractivity contribution < 1.29 is 14.6 Å². The van der Waals surface area contributed by atoms with Crippen molar-refractivity contribution in [3.05, 3.63) is 11.6 Å². The summed E-state index contributed by atoms with van der Waals surface area (Å²) in [5, 5.41) is 8.68. The number of carbonyl (C=O) groups excluding carboxylic acids is 1. The summed E-state index contributed by atoms with van der Waals surface area (Å²) < 4.78 is 4.76. The molecule has 0 atom stereocenters. The molecule has 0 radical (unpaired) electrons. The van der Waals surface area contributed by atoms with E-state index in [0.29, 0.717) is 6.61 Å². The summed E-state index contributed by atoms with van der Waals surface area (Å²) in [6.07, 6.45) is 9.89. The van der Waals surface area contributed by atoms with E-state index in [4.69, 9.17) is 9.84 Å². The number of rotatable bonds is 9. The number of hydrogen-bond acceptors (Lipinski definition) is 4. The number of aliphatic hydroxyl groups is 1. The fourth-order valence-corrected chi connectivity index (χ4v) is 2.43. The molecule has 0 bridgehead atoms. The van der Waals surface area contributed by atoms with Crippen molar-refractivity contribution in [3.63, 3.8) is 0 Å². The molecule has 1 heterocycles. The Hall–Kier alpha value is -0.870. The van der Waals surface area contributed by atoms with Gasteiger partial charge in [0.15, 0.2) is 0 Å². The van der Waals surface area contributed by atoms with Crippen molar-refractivity contribution in [1.29, 1.82) is 0 Å². The molecule has 0 aromatic carbocycles. The lowest BCUT2D eigenvalue weighted by atomic mass is 10.1. The third-order valence-corrected chi connectivity index (χ3v) is 3.56. The summed E-state index contributed by atoms with van der Waals surface area (Å²) in [4.78, 5) is 13.8. The molecule has 4 heteroatoms. The molecular formula is C15H27NO3. The molecule has 0 fully saturated rings. The predicted molar refractivity (Wildman–Crippen MR) is 75.9 cm³/mol. The van der Waals surface area contributed by atoms with Crippen molar-refractivity contribution in [1.82, 2.24) is 4.90 Å². The van der Waals surface area contributed by atoms with Gasteiger partial charge in [-0.2, -0.15) is 0 Å². The summed E-state index contributed by atoms with van der Waals surface area (Å²) in [6.45, 7) is 3.16. The zero-order chi connectivity index (χ0) is 13.9. The van der Waals surface area contributed by atoms with Crippen LogP contribution in [0.15, 0.2) is 11.6 Å². The SMILES string of the molecule is COC(=O)C1=CCCN(CCCCCCCCO)C1. The largest absolute Gasteiger partial charge is 0.466 e. The Bertz CT molecular complexity index is 289. The Balaban J connectivity index is 2.07. The van der Waals surface area contributed by atoms with Crippen LogP contribution in [0.1, 0.15) is 44.9 Å². The van der Waals surface area contributed by atoms with Crippen LogP contribution in [0.3, 0.4) is 0 Å². The van der Waals surface area contributed by atoms with Gasteiger partial charge in [-0.15, -0.1) is 0 Å². The highest BCUT2D eigenvalue weighted by molar-refractivity contribution is 5.88. The number of methoxy groups -OCH3 is 1. The van der Waals surface area contributed by atoms with E-state index in [2.05, 4.69) is 4.90 Å². The Kier molecular flexibility index (Phi) is 8.50. The maximum Gasteiger partial charge on any atom is 0.334 e. The highest BCUT2D eigenvalue weighted by Gasteiger charge is 2.17. The Morgan fingerprint density at radius 1 is 1.26 bits per heavy atom. The van der Waals surface area contributed by atoms with Gasteiger partial charge in [0.2, 0.25) is 0 Å². The van der Waals surface area contributed by atoms with Gasteiger partial charge in [0.1, 0.15) is 0 Å². The van der Waals surface area contributed by atoms with Crippen LogP contribution in [0.5, 0.6) is 0 Å². The van der Waals surface area contributed by atoms with E-state index in [1.54, 1.807) is 0 Å². The smallest absolute Gasteiger partial charge is 0.334 e. The first-order chi connectivity index (χ1) is 9.27. The highest BCUT2D eigenvalue weighted by Crippen LogP contribution is 2.13. The molecule has 0 saturated heterocycles. The molecule has 0 unspecified atom stereocenters. The van der Waals surface area contributed by atoms with Gasteiger partial charge >= 0.3 is 5.97 Å². The first kappa shape index (κ1) is 16.2. The molecule has 1 rings (SSSR count). The van der Waals surface area contributed by atoms with Crippen molar-refractivity contribution in [2.45, 2.75) is 44.9 Å². The second-order valence-corrected chi connectivity index (χ2v) is 5.13. The summed E-state index contributed by atoms with van der Waals surface area (Å²) in [6, 6.07) is 0. The van der Waals surface area contributed by atoms with Crippen LogP contribution in [0, 0.1) is 0 Å². The quantitative estimate of drug-likeness (QED) is 0.514. The Morgan fingerprint density at radius 3 is 2.63 bits per heavy atom. The molecule has 1 aliphatic rings. The van der Waals surface area contributed by atoms with Gasteiger partial charge in [-0.1, -0.05) is 31.8 Å². The zero-order valence-electron chi connectivity index (χ0n) is 12.1. The third kappa shape index (κ3) is 6.73. The van der Waals surface area contributed by atoms with Gasteiger partial charge in [0.25, 0.3) is 0 Å². The number of aliphatic hydroxyl groups excluding tert-OH is 1. The van der Waals surface area contributed by atoms with Gasteiger partial charge in [-0.25, -0.2) is 4.79 Å². The van der Waals surface area contributed by atoms with Gasteiger partial charge in [-0.05, 0) is 25.8 Å². The van der Waals surface area contributed by atoms with Crippen LogP contribution in [0.25, 0.3) is 0 Å². The highest BCUT2D eigenvalue weighted by atomic mass is 16.5. The summed E-state index contributed by atoms with van der Waals surface area (Å²) in [5.74, 6) is -0.186. The first-order valence-corrected chi connectivity index (χ1v) is 7.38. The number of ether oxygens (including phenoxy) is 1. The molecule has 4 nitrogen and oxygen atoms in total. The van der Waals surface area contributed by atoms with Crippen molar-refractivity contribution in [2.75, 3.05) is 33.4 Å². The van der Waals surface area contributed by atoms with E-state index < -0.39 is 0 Å². The number of unbranched alkanes of at least 4 members (excludes halogenated alkanes) is 5. The lowest BCUT2D eigenvalue weighted by Crippen LogP contribution is -2.33. The summed E-state index contributed by atoms with van der Waals surface area (Å²) in [5.41, 5.74) is 0.802. The van der Waals surface area contributed by atoms with E-state index in [1.807, 2.05) is 6.08 Å². The van der Waals surface area contributed by atoms with Crippen LogP contribution >= 0.6 is 0 Å². The molecular weight excluding hydrogens is 242 g/mol. The summed E-state index contributed by atoms with van der Waals surface area (Å²) in [7, 11) is 1.44. The Labute approximate surface area is 116 Å². The van der Waals surface area contributed by atoms with Crippen LogP contribution in [-0.2, 0) is 9.53 Å². The molecule has 0 amide bonds. The second-order valence-electron chi connectivity index (χ2n) is 5.13. The lowest BCUT2D eigenvalue weighted by Gasteiger charge is -2.26. The minimum absolute atomic E-state index is 0.186. The predicted octanol–water partition coefficient (Wildman–Crippen LogP) is 2.12. The van der Waals surface area contributed by atoms with Gasteiger partial charge in [0.05, 0.1) is 7.11 Å². The van der Waals surface area contributed by atoms with Gasteiger partial charge in [-0.3, -0.25) is 4.90 Å². The van der Waals surface area contributed by atoms with Crippen molar-refractivity contribution in [2.24, 2.45) is 0 Å². The van der Waals surface area contributed by atoms with Gasteiger partial charge in [0, 0.05) is 25.3 Å². The van der Waals surface area contributed by atoms with E-state index in [1.165, 1.54) is 32.8 Å². The zero-order valence-corrected chi connectivity index (χ0v) is 12.1. The first-order valence-electron chi connectivity index (χ1n) is 7.38. The molecule has 0 aromatic heterocycles. The fraction of sp³-hybridized carbons (Fsp3) is 0.800. The lowest BCUT2D eigenvalue weighted by molar-refractivity contribution is -0.136. The van der Waals surface area contributed by atoms with Gasteiger partial charge < -0.3 is 9.84 Å².